The fourth-order valence-corrected chi connectivity index (χ4v) is 0.446. The molecule has 9 heavy (non-hydrogen) atoms. The molecule has 0 aromatic heterocycles. The number of rotatable bonds is 1. The summed E-state index contributed by atoms with van der Waals surface area (Å²) < 4.78 is 4.86. The average molecular weight is 125 g/mol. The third-order valence-corrected chi connectivity index (χ3v) is 0.844. The zero-order valence-electron chi connectivity index (χ0n) is 4.82. The molecule has 0 aliphatic carbocycles. The van der Waals surface area contributed by atoms with Gasteiger partial charge in [0.25, 0.3) is 0 Å². The van der Waals surface area contributed by atoms with Gasteiger partial charge in [-0.1, -0.05) is 0 Å². The van der Waals surface area contributed by atoms with E-state index in [2.05, 4.69) is 4.99 Å². The standard InChI is InChI=1S/C6H7NO2/c8-5-6-4-7-2-1-3-9-6/h1-4,8H,5H2. The van der Waals surface area contributed by atoms with Crippen molar-refractivity contribution in [2.24, 2.45) is 4.99 Å². The predicted molar refractivity (Wildman–Crippen MR) is 33.9 cm³/mol. The maximum atomic E-state index is 8.51. The van der Waals surface area contributed by atoms with Crippen molar-refractivity contribution < 1.29 is 9.84 Å². The molecule has 1 N–H and O–H groups in total. The quantitative estimate of drug-likeness (QED) is 0.552. The van der Waals surface area contributed by atoms with E-state index in [4.69, 9.17) is 9.84 Å². The van der Waals surface area contributed by atoms with E-state index in [1.54, 1.807) is 12.3 Å². The molecule has 1 aliphatic rings. The molecule has 0 amide bonds. The van der Waals surface area contributed by atoms with Crippen LogP contribution in [0, 0.1) is 0 Å². The number of ether oxygens (including phenoxy) is 1. The van der Waals surface area contributed by atoms with Crippen molar-refractivity contribution in [2.45, 2.75) is 0 Å². The summed E-state index contributed by atoms with van der Waals surface area (Å²) in [6, 6.07) is 0. The monoisotopic (exact) mass is 125 g/mol. The fourth-order valence-electron chi connectivity index (χ4n) is 0.446. The van der Waals surface area contributed by atoms with Crippen LogP contribution in [0.25, 0.3) is 0 Å². The number of aliphatic imine (C=N–C) groups is 1. The smallest absolute Gasteiger partial charge is 0.147 e. The van der Waals surface area contributed by atoms with Gasteiger partial charge in [0.2, 0.25) is 0 Å². The van der Waals surface area contributed by atoms with Crippen molar-refractivity contribution >= 4 is 6.21 Å². The summed E-state index contributed by atoms with van der Waals surface area (Å²) in [7, 11) is 0. The average Bonchev–Trinajstić information content (AvgIpc) is 2.13. The fraction of sp³-hybridized carbons (Fsp3) is 0.167. The van der Waals surface area contributed by atoms with Crippen LogP contribution < -0.4 is 0 Å². The van der Waals surface area contributed by atoms with Crippen LogP contribution in [0.1, 0.15) is 0 Å². The summed E-state index contributed by atoms with van der Waals surface area (Å²) >= 11 is 0. The second-order valence-electron chi connectivity index (χ2n) is 1.50. The third-order valence-electron chi connectivity index (χ3n) is 0.844. The van der Waals surface area contributed by atoms with Crippen LogP contribution in [0.4, 0.5) is 0 Å². The van der Waals surface area contributed by atoms with Gasteiger partial charge in [0.1, 0.15) is 12.4 Å². The van der Waals surface area contributed by atoms with Crippen LogP contribution >= 0.6 is 0 Å². The van der Waals surface area contributed by atoms with Gasteiger partial charge in [0, 0.05) is 6.21 Å². The minimum absolute atomic E-state index is 0.109. The lowest BCUT2D eigenvalue weighted by molar-refractivity contribution is 0.235. The van der Waals surface area contributed by atoms with Crippen molar-refractivity contribution in [3.05, 3.63) is 24.3 Å². The minimum atomic E-state index is -0.109. The summed E-state index contributed by atoms with van der Waals surface area (Å²) in [5.41, 5.74) is 0. The molecule has 3 nitrogen and oxygen atoms in total. The molecule has 0 radical (unpaired) electrons. The van der Waals surface area contributed by atoms with Crippen LogP contribution in [0.5, 0.6) is 0 Å². The maximum Gasteiger partial charge on any atom is 0.147 e. The molecule has 0 saturated carbocycles. The zero-order chi connectivity index (χ0) is 6.53. The van der Waals surface area contributed by atoms with Gasteiger partial charge in [0.15, 0.2) is 0 Å². The van der Waals surface area contributed by atoms with Crippen LogP contribution in [0.3, 0.4) is 0 Å². The maximum absolute atomic E-state index is 8.51. The largest absolute Gasteiger partial charge is 0.465 e. The van der Waals surface area contributed by atoms with Gasteiger partial charge < -0.3 is 9.84 Å². The summed E-state index contributed by atoms with van der Waals surface area (Å²) in [4.78, 5) is 3.76. The normalized spacial score (nSPS) is 16.3. The van der Waals surface area contributed by atoms with Gasteiger partial charge in [-0.3, -0.25) is 4.99 Å². The topological polar surface area (TPSA) is 41.8 Å². The molecular weight excluding hydrogens is 118 g/mol. The van der Waals surface area contributed by atoms with E-state index in [-0.39, 0.29) is 6.61 Å². The summed E-state index contributed by atoms with van der Waals surface area (Å²) in [5, 5.41) is 8.51. The van der Waals surface area contributed by atoms with Crippen molar-refractivity contribution in [1.29, 1.82) is 0 Å². The lowest BCUT2D eigenvalue weighted by Crippen LogP contribution is -1.89. The SMILES string of the molecule is OCC1=CN=CC=CO1. The van der Waals surface area contributed by atoms with Crippen molar-refractivity contribution in [2.75, 3.05) is 6.61 Å². The molecule has 0 spiro atoms. The van der Waals surface area contributed by atoms with Crippen LogP contribution in [0.15, 0.2) is 29.3 Å². The molecule has 0 fully saturated rings. The number of allylic oxidation sites excluding steroid dienone is 1. The number of aliphatic hydroxyl groups excluding tert-OH is 1. The predicted octanol–water partition coefficient (Wildman–Crippen LogP) is 0.435. The Hall–Kier alpha value is -1.09. The summed E-state index contributed by atoms with van der Waals surface area (Å²) in [5.74, 6) is 0.458. The van der Waals surface area contributed by atoms with Gasteiger partial charge in [-0.25, -0.2) is 0 Å². The number of hydrogen-bond acceptors (Lipinski definition) is 3. The van der Waals surface area contributed by atoms with E-state index in [1.807, 2.05) is 0 Å². The minimum Gasteiger partial charge on any atom is -0.465 e. The molecule has 0 aromatic carbocycles. The molecule has 0 unspecified atom stereocenters. The Labute approximate surface area is 53.0 Å². The molecule has 0 atom stereocenters. The molecular formula is C6H7NO2. The van der Waals surface area contributed by atoms with Gasteiger partial charge in [-0.2, -0.15) is 0 Å². The Balaban J connectivity index is 2.62. The third kappa shape index (κ3) is 1.70. The lowest BCUT2D eigenvalue weighted by atomic mass is 10.6. The lowest BCUT2D eigenvalue weighted by Gasteiger charge is -1.96. The molecule has 0 aromatic rings. The van der Waals surface area contributed by atoms with Crippen molar-refractivity contribution in [3.63, 3.8) is 0 Å². The van der Waals surface area contributed by atoms with Crippen molar-refractivity contribution in [1.82, 2.24) is 0 Å². The number of nitrogens with zero attached hydrogens (tertiary/aromatic N) is 1. The molecule has 1 aliphatic heterocycles. The Bertz CT molecular complexity index is 170. The van der Waals surface area contributed by atoms with E-state index in [1.165, 1.54) is 12.5 Å². The molecule has 0 saturated heterocycles. The second-order valence-corrected chi connectivity index (χ2v) is 1.50. The first-order valence-electron chi connectivity index (χ1n) is 2.58. The summed E-state index contributed by atoms with van der Waals surface area (Å²) in [6.45, 7) is -0.109. The molecule has 1 heterocycles. The Kier molecular flexibility index (Phi) is 2.04. The number of hydrogen-bond donors (Lipinski definition) is 1. The van der Waals surface area contributed by atoms with Gasteiger partial charge in [0.05, 0.1) is 12.5 Å². The van der Waals surface area contributed by atoms with Crippen molar-refractivity contribution in [3.8, 4) is 0 Å². The molecule has 1 rings (SSSR count). The Morgan fingerprint density at radius 1 is 1.67 bits per heavy atom. The molecule has 48 valence electrons. The summed E-state index contributed by atoms with van der Waals surface area (Å²) in [6.07, 6.45) is 6.18. The first kappa shape index (κ1) is 6.04. The Morgan fingerprint density at radius 3 is 3.33 bits per heavy atom. The highest BCUT2D eigenvalue weighted by atomic mass is 16.5. The molecule has 0 bridgehead atoms. The highest BCUT2D eigenvalue weighted by Crippen LogP contribution is 1.98. The molecule has 3 heteroatoms. The highest BCUT2D eigenvalue weighted by molar-refractivity contribution is 5.71. The van der Waals surface area contributed by atoms with Gasteiger partial charge in [-0.05, 0) is 6.08 Å². The van der Waals surface area contributed by atoms with Crippen LogP contribution in [-0.4, -0.2) is 17.9 Å². The van der Waals surface area contributed by atoms with Gasteiger partial charge in [-0.15, -0.1) is 0 Å². The van der Waals surface area contributed by atoms with E-state index < -0.39 is 0 Å². The highest BCUT2D eigenvalue weighted by Gasteiger charge is 1.92. The van der Waals surface area contributed by atoms with E-state index in [9.17, 15) is 0 Å². The number of aliphatic hydroxyl groups is 1. The van der Waals surface area contributed by atoms with E-state index in [0.29, 0.717) is 5.76 Å². The van der Waals surface area contributed by atoms with Crippen LogP contribution in [-0.2, 0) is 4.74 Å². The zero-order valence-corrected chi connectivity index (χ0v) is 4.82. The van der Waals surface area contributed by atoms with Gasteiger partial charge >= 0.3 is 0 Å². The van der Waals surface area contributed by atoms with E-state index >= 15 is 0 Å². The second kappa shape index (κ2) is 3.04. The Morgan fingerprint density at radius 2 is 2.56 bits per heavy atom. The first-order valence-corrected chi connectivity index (χ1v) is 2.58. The van der Waals surface area contributed by atoms with E-state index in [0.717, 1.165) is 0 Å². The van der Waals surface area contributed by atoms with Crippen LogP contribution in [0.2, 0.25) is 0 Å². The first-order chi connectivity index (χ1) is 4.43.